The molecule has 1 amide bonds. The minimum Gasteiger partial charge on any atom is -0.497 e. The van der Waals surface area contributed by atoms with Gasteiger partial charge in [-0.25, -0.2) is 13.1 Å². The van der Waals surface area contributed by atoms with Gasteiger partial charge in [0.2, 0.25) is 0 Å². The minimum atomic E-state index is -4.69. The summed E-state index contributed by atoms with van der Waals surface area (Å²) in [6.45, 7) is 0.453. The molecule has 2 heterocycles. The van der Waals surface area contributed by atoms with Crippen molar-refractivity contribution in [1.82, 2.24) is 19.6 Å². The number of fused-ring (bicyclic) bond motifs is 1. The van der Waals surface area contributed by atoms with Gasteiger partial charge >= 0.3 is 6.18 Å². The van der Waals surface area contributed by atoms with Gasteiger partial charge < -0.3 is 14.5 Å². The van der Waals surface area contributed by atoms with Crippen LogP contribution in [0.3, 0.4) is 0 Å². The third-order valence-electron chi connectivity index (χ3n) is 5.56. The predicted octanol–water partition coefficient (Wildman–Crippen LogP) is 2.99. The van der Waals surface area contributed by atoms with Crippen molar-refractivity contribution in [3.8, 4) is 11.4 Å². The third-order valence-corrected chi connectivity index (χ3v) is 6.10. The Bertz CT molecular complexity index is 1200. The molecule has 1 aromatic carbocycles. The number of amides is 1. The fourth-order valence-corrected chi connectivity index (χ4v) is 4.52. The number of aromatic nitrogens is 2. The second-order valence-electron chi connectivity index (χ2n) is 8.42. The van der Waals surface area contributed by atoms with E-state index < -0.39 is 27.8 Å². The standard InChI is InChI=1S/C22H28F3N5O4S/c1-28(2)18(27-35(4,32)33)7-5-6-13-29-14-12-17-19(21(29)31)30(26-20(17)22(23,24)25)15-8-10-16(34-3)11-9-15/h8-11H,5-7,12-14H2,1-4H3. The second-order valence-corrected chi connectivity index (χ2v) is 10.1. The quantitative estimate of drug-likeness (QED) is 0.305. The van der Waals surface area contributed by atoms with Gasteiger partial charge in [-0.05, 0) is 43.5 Å². The van der Waals surface area contributed by atoms with Crippen LogP contribution in [0.2, 0.25) is 0 Å². The maximum Gasteiger partial charge on any atom is 0.435 e. The van der Waals surface area contributed by atoms with E-state index in [1.165, 1.54) is 12.0 Å². The Hall–Kier alpha value is -3.09. The lowest BCUT2D eigenvalue weighted by molar-refractivity contribution is -0.142. The molecule has 13 heteroatoms. The van der Waals surface area contributed by atoms with Crippen LogP contribution in [0, 0.1) is 0 Å². The van der Waals surface area contributed by atoms with E-state index in [0.717, 1.165) is 10.9 Å². The van der Waals surface area contributed by atoms with Gasteiger partial charge in [0.25, 0.3) is 15.9 Å². The molecule has 0 radical (unpaired) electrons. The fourth-order valence-electron chi connectivity index (χ4n) is 3.88. The summed E-state index contributed by atoms with van der Waals surface area (Å²) < 4.78 is 73.9. The highest BCUT2D eigenvalue weighted by Crippen LogP contribution is 2.36. The van der Waals surface area contributed by atoms with Crippen LogP contribution in [0.5, 0.6) is 5.75 Å². The summed E-state index contributed by atoms with van der Waals surface area (Å²) in [6.07, 6.45) is -2.18. The van der Waals surface area contributed by atoms with E-state index in [0.29, 0.717) is 43.1 Å². The van der Waals surface area contributed by atoms with Crippen molar-refractivity contribution in [3.05, 3.63) is 41.2 Å². The number of sulfonamides is 1. The molecule has 1 aliphatic rings. The zero-order valence-corrected chi connectivity index (χ0v) is 20.8. The molecular formula is C22H28F3N5O4S. The molecule has 9 nitrogen and oxygen atoms in total. The number of benzene rings is 1. The van der Waals surface area contributed by atoms with E-state index in [1.54, 1.807) is 43.3 Å². The van der Waals surface area contributed by atoms with E-state index in [2.05, 4.69) is 9.50 Å². The number of hydrogen-bond donors (Lipinski definition) is 0. The number of halogens is 3. The van der Waals surface area contributed by atoms with Gasteiger partial charge in [0, 0.05) is 39.2 Å². The van der Waals surface area contributed by atoms with Crippen LogP contribution in [0.1, 0.15) is 41.0 Å². The largest absolute Gasteiger partial charge is 0.497 e. The predicted molar refractivity (Wildman–Crippen MR) is 125 cm³/mol. The average molecular weight is 516 g/mol. The molecule has 0 bridgehead atoms. The number of methoxy groups -OCH3 is 1. The first kappa shape index (κ1) is 26.5. The fraction of sp³-hybridized carbons (Fsp3) is 0.500. The topological polar surface area (TPSA) is 97.1 Å². The highest BCUT2D eigenvalue weighted by Gasteiger charge is 2.43. The molecule has 1 aromatic heterocycles. The molecule has 1 aliphatic heterocycles. The number of nitrogens with zero attached hydrogens (tertiary/aromatic N) is 5. The Morgan fingerprint density at radius 2 is 1.86 bits per heavy atom. The summed E-state index contributed by atoms with van der Waals surface area (Å²) in [5.74, 6) is 0.394. The normalized spacial score (nSPS) is 14.8. The van der Waals surface area contributed by atoms with Crippen molar-refractivity contribution in [2.75, 3.05) is 40.6 Å². The first-order valence-electron chi connectivity index (χ1n) is 10.9. The Kier molecular flexibility index (Phi) is 7.77. The number of rotatable bonds is 8. The lowest BCUT2D eigenvalue weighted by Gasteiger charge is -2.28. The zero-order chi connectivity index (χ0) is 26.0. The number of ether oxygens (including phenoxy) is 1. The highest BCUT2D eigenvalue weighted by molar-refractivity contribution is 7.89. The Labute approximate surface area is 202 Å². The van der Waals surface area contributed by atoms with Crippen molar-refractivity contribution < 1.29 is 31.1 Å². The van der Waals surface area contributed by atoms with E-state index in [9.17, 15) is 26.4 Å². The summed E-state index contributed by atoms with van der Waals surface area (Å²) in [7, 11) is 1.32. The third kappa shape index (κ3) is 6.32. The number of amidine groups is 1. The highest BCUT2D eigenvalue weighted by atomic mass is 32.2. The van der Waals surface area contributed by atoms with Crippen LogP contribution in [-0.4, -0.2) is 80.3 Å². The van der Waals surface area contributed by atoms with Crippen molar-refractivity contribution in [1.29, 1.82) is 0 Å². The van der Waals surface area contributed by atoms with Gasteiger partial charge in [-0.1, -0.05) is 0 Å². The van der Waals surface area contributed by atoms with Gasteiger partial charge in [0.15, 0.2) is 5.69 Å². The number of alkyl halides is 3. The van der Waals surface area contributed by atoms with Gasteiger partial charge in [0.1, 0.15) is 17.3 Å². The van der Waals surface area contributed by atoms with Crippen LogP contribution in [-0.2, 0) is 22.6 Å². The first-order chi connectivity index (χ1) is 16.3. The van der Waals surface area contributed by atoms with Crippen LogP contribution >= 0.6 is 0 Å². The van der Waals surface area contributed by atoms with Crippen molar-refractivity contribution in [2.24, 2.45) is 4.40 Å². The molecule has 0 spiro atoms. The zero-order valence-electron chi connectivity index (χ0n) is 20.0. The Morgan fingerprint density at radius 3 is 2.40 bits per heavy atom. The second kappa shape index (κ2) is 10.3. The molecule has 192 valence electrons. The summed E-state index contributed by atoms with van der Waals surface area (Å²) >= 11 is 0. The Balaban J connectivity index is 1.80. The van der Waals surface area contributed by atoms with Crippen LogP contribution in [0.15, 0.2) is 28.7 Å². The average Bonchev–Trinajstić information content (AvgIpc) is 3.17. The summed E-state index contributed by atoms with van der Waals surface area (Å²) in [5.41, 5.74) is -0.935. The van der Waals surface area contributed by atoms with Crippen LogP contribution in [0.25, 0.3) is 5.69 Å². The van der Waals surface area contributed by atoms with E-state index in [-0.39, 0.29) is 24.2 Å². The lowest BCUT2D eigenvalue weighted by Crippen LogP contribution is -2.39. The molecule has 3 rings (SSSR count). The summed E-state index contributed by atoms with van der Waals surface area (Å²) in [5, 5.41) is 3.77. The molecule has 0 saturated heterocycles. The monoisotopic (exact) mass is 515 g/mol. The lowest BCUT2D eigenvalue weighted by atomic mass is 10.0. The van der Waals surface area contributed by atoms with Gasteiger partial charge in [-0.3, -0.25) is 4.79 Å². The molecular weight excluding hydrogens is 487 g/mol. The minimum absolute atomic E-state index is 0.0323. The van der Waals surface area contributed by atoms with E-state index in [1.807, 2.05) is 0 Å². The van der Waals surface area contributed by atoms with Gasteiger partial charge in [-0.2, -0.15) is 22.7 Å². The molecule has 35 heavy (non-hydrogen) atoms. The van der Waals surface area contributed by atoms with Crippen LogP contribution in [0.4, 0.5) is 13.2 Å². The summed E-state index contributed by atoms with van der Waals surface area (Å²) in [4.78, 5) is 16.4. The SMILES string of the molecule is COc1ccc(-n2nc(C(F)(F)F)c3c2C(=O)N(CCCCC(=NS(C)(=O)=O)N(C)C)CC3)cc1. The maximum absolute atomic E-state index is 13.7. The van der Waals surface area contributed by atoms with E-state index in [4.69, 9.17) is 4.74 Å². The number of unbranched alkanes of at least 4 members (excludes halogenated alkanes) is 1. The maximum atomic E-state index is 13.7. The molecule has 0 N–H and O–H groups in total. The molecule has 0 aliphatic carbocycles. The molecule has 0 atom stereocenters. The van der Waals surface area contributed by atoms with Crippen molar-refractivity contribution in [3.63, 3.8) is 0 Å². The first-order valence-corrected chi connectivity index (χ1v) is 12.8. The Morgan fingerprint density at radius 1 is 1.20 bits per heavy atom. The van der Waals surface area contributed by atoms with E-state index >= 15 is 0 Å². The number of carbonyl (C=O) groups is 1. The molecule has 2 aromatic rings. The number of hydrogen-bond acceptors (Lipinski definition) is 5. The molecule has 0 saturated carbocycles. The van der Waals surface area contributed by atoms with Gasteiger partial charge in [0.05, 0.1) is 19.1 Å². The number of carbonyl (C=O) groups excluding carboxylic acids is 1. The molecule has 0 unspecified atom stereocenters. The van der Waals surface area contributed by atoms with Gasteiger partial charge in [-0.15, -0.1) is 0 Å². The summed E-state index contributed by atoms with van der Waals surface area (Å²) in [6, 6.07) is 6.26. The van der Waals surface area contributed by atoms with Crippen molar-refractivity contribution >= 4 is 21.8 Å². The molecule has 0 fully saturated rings. The van der Waals surface area contributed by atoms with Crippen LogP contribution < -0.4 is 4.74 Å². The van der Waals surface area contributed by atoms with Crippen molar-refractivity contribution in [2.45, 2.75) is 31.9 Å². The smallest absolute Gasteiger partial charge is 0.435 e.